The highest BCUT2D eigenvalue weighted by atomic mass is 79.9. The molecule has 0 saturated heterocycles. The Morgan fingerprint density at radius 1 is 1.15 bits per heavy atom. The third-order valence-electron chi connectivity index (χ3n) is 3.14. The van der Waals surface area contributed by atoms with Crippen molar-refractivity contribution in [1.82, 2.24) is 9.97 Å². The van der Waals surface area contributed by atoms with Crippen LogP contribution in [0.1, 0.15) is 38.1 Å². The average molecular weight is 334 g/mol. The van der Waals surface area contributed by atoms with Crippen molar-refractivity contribution in [2.45, 2.75) is 33.2 Å². The molecule has 1 aromatic carbocycles. The van der Waals surface area contributed by atoms with Crippen LogP contribution in [0.15, 0.2) is 41.0 Å². The van der Waals surface area contributed by atoms with E-state index in [1.807, 2.05) is 12.1 Å². The Balaban J connectivity index is 2.27. The highest BCUT2D eigenvalue weighted by Gasteiger charge is 2.12. The van der Waals surface area contributed by atoms with Gasteiger partial charge in [0.15, 0.2) is 0 Å². The predicted molar refractivity (Wildman–Crippen MR) is 87.0 cm³/mol. The number of hydrogen-bond donors (Lipinski definition) is 0. The van der Waals surface area contributed by atoms with Gasteiger partial charge in [0.1, 0.15) is 16.2 Å². The van der Waals surface area contributed by atoms with E-state index in [1.165, 1.54) is 5.56 Å². The molecule has 0 radical (unpaired) electrons. The number of rotatable bonds is 5. The number of aromatic nitrogens is 2. The van der Waals surface area contributed by atoms with Crippen LogP contribution in [0.5, 0.6) is 0 Å². The minimum atomic E-state index is 0.321. The van der Waals surface area contributed by atoms with Crippen LogP contribution in [-0.2, 0) is 6.54 Å². The molecule has 0 aliphatic carbocycles. The van der Waals surface area contributed by atoms with Crippen LogP contribution in [0.4, 0.5) is 5.82 Å². The lowest BCUT2D eigenvalue weighted by molar-refractivity contribution is 0.743. The van der Waals surface area contributed by atoms with Gasteiger partial charge >= 0.3 is 0 Å². The van der Waals surface area contributed by atoms with Crippen molar-refractivity contribution in [3.63, 3.8) is 0 Å². The van der Waals surface area contributed by atoms with E-state index in [1.54, 1.807) is 0 Å². The maximum absolute atomic E-state index is 4.69. The molecule has 0 N–H and O–H groups in total. The van der Waals surface area contributed by atoms with Crippen LogP contribution >= 0.6 is 15.9 Å². The number of nitrogens with zero attached hydrogens (tertiary/aromatic N) is 3. The van der Waals surface area contributed by atoms with Crippen molar-refractivity contribution in [2.75, 3.05) is 11.4 Å². The smallest absolute Gasteiger partial charge is 0.134 e. The van der Waals surface area contributed by atoms with Crippen molar-refractivity contribution < 1.29 is 0 Å². The summed E-state index contributed by atoms with van der Waals surface area (Å²) in [6.07, 6.45) is 0. The van der Waals surface area contributed by atoms with Gasteiger partial charge in [0.25, 0.3) is 0 Å². The summed E-state index contributed by atoms with van der Waals surface area (Å²) in [4.78, 5) is 11.4. The molecule has 1 aromatic heterocycles. The van der Waals surface area contributed by atoms with E-state index in [2.05, 4.69) is 75.8 Å². The maximum Gasteiger partial charge on any atom is 0.134 e. The molecular weight excluding hydrogens is 314 g/mol. The van der Waals surface area contributed by atoms with E-state index in [9.17, 15) is 0 Å². The zero-order chi connectivity index (χ0) is 14.5. The molecule has 20 heavy (non-hydrogen) atoms. The Morgan fingerprint density at radius 2 is 1.85 bits per heavy atom. The lowest BCUT2D eigenvalue weighted by atomic mass is 10.2. The Bertz CT molecular complexity index is 555. The molecule has 4 heteroatoms. The average Bonchev–Trinajstić information content (AvgIpc) is 2.45. The first-order valence-corrected chi connectivity index (χ1v) is 7.72. The fraction of sp³-hybridized carbons (Fsp3) is 0.375. The quantitative estimate of drug-likeness (QED) is 0.760. The normalized spacial score (nSPS) is 10.8. The van der Waals surface area contributed by atoms with Crippen LogP contribution in [0.3, 0.4) is 0 Å². The highest BCUT2D eigenvalue weighted by Crippen LogP contribution is 2.21. The van der Waals surface area contributed by atoms with Crippen molar-refractivity contribution in [1.29, 1.82) is 0 Å². The van der Waals surface area contributed by atoms with Gasteiger partial charge in [-0.05, 0) is 28.4 Å². The zero-order valence-corrected chi connectivity index (χ0v) is 13.8. The molecule has 0 amide bonds. The molecule has 0 aliphatic heterocycles. The number of hydrogen-bond acceptors (Lipinski definition) is 3. The van der Waals surface area contributed by atoms with Crippen LogP contribution in [0.25, 0.3) is 0 Å². The van der Waals surface area contributed by atoms with E-state index >= 15 is 0 Å². The van der Waals surface area contributed by atoms with E-state index in [-0.39, 0.29) is 0 Å². The third-order valence-corrected chi connectivity index (χ3v) is 3.54. The molecule has 0 bridgehead atoms. The van der Waals surface area contributed by atoms with Crippen LogP contribution in [0.2, 0.25) is 0 Å². The minimum Gasteiger partial charge on any atom is -0.352 e. The fourth-order valence-corrected chi connectivity index (χ4v) is 2.39. The second-order valence-electron chi connectivity index (χ2n) is 5.06. The Kier molecular flexibility index (Phi) is 5.12. The minimum absolute atomic E-state index is 0.321. The first-order chi connectivity index (χ1) is 9.60. The summed E-state index contributed by atoms with van der Waals surface area (Å²) in [6, 6.07) is 12.4. The van der Waals surface area contributed by atoms with E-state index < -0.39 is 0 Å². The third kappa shape index (κ3) is 3.79. The van der Waals surface area contributed by atoms with Gasteiger partial charge in [0.05, 0.1) is 0 Å². The summed E-state index contributed by atoms with van der Waals surface area (Å²) >= 11 is 3.49. The lowest BCUT2D eigenvalue weighted by Gasteiger charge is -2.23. The SMILES string of the molecule is CCN(Cc1ccccc1)c1cc(Br)nc(C(C)C)n1. The number of benzene rings is 1. The molecule has 0 saturated carbocycles. The Labute approximate surface area is 129 Å². The lowest BCUT2D eigenvalue weighted by Crippen LogP contribution is -2.23. The maximum atomic E-state index is 4.69. The first kappa shape index (κ1) is 15.0. The molecular formula is C16H20BrN3. The summed E-state index contributed by atoms with van der Waals surface area (Å²) in [7, 11) is 0. The molecule has 0 fully saturated rings. The topological polar surface area (TPSA) is 29.0 Å². The molecule has 0 aliphatic rings. The largest absolute Gasteiger partial charge is 0.352 e. The van der Waals surface area contributed by atoms with Crippen molar-refractivity contribution >= 4 is 21.7 Å². The monoisotopic (exact) mass is 333 g/mol. The summed E-state index contributed by atoms with van der Waals surface area (Å²) in [5.74, 6) is 2.17. The van der Waals surface area contributed by atoms with Gasteiger partial charge in [0, 0.05) is 25.1 Å². The molecule has 1 heterocycles. The van der Waals surface area contributed by atoms with Gasteiger partial charge in [-0.15, -0.1) is 0 Å². The zero-order valence-electron chi connectivity index (χ0n) is 12.2. The summed E-state index contributed by atoms with van der Waals surface area (Å²) in [6.45, 7) is 8.14. The molecule has 2 rings (SSSR count). The first-order valence-electron chi connectivity index (χ1n) is 6.93. The van der Waals surface area contributed by atoms with Crippen LogP contribution in [0, 0.1) is 0 Å². The molecule has 0 atom stereocenters. The van der Waals surface area contributed by atoms with Gasteiger partial charge in [-0.25, -0.2) is 9.97 Å². The number of halogens is 1. The van der Waals surface area contributed by atoms with Gasteiger partial charge < -0.3 is 4.90 Å². The second-order valence-corrected chi connectivity index (χ2v) is 5.87. The van der Waals surface area contributed by atoms with E-state index in [0.29, 0.717) is 5.92 Å². The van der Waals surface area contributed by atoms with Gasteiger partial charge in [-0.1, -0.05) is 44.2 Å². The van der Waals surface area contributed by atoms with Crippen molar-refractivity contribution in [3.05, 3.63) is 52.4 Å². The van der Waals surface area contributed by atoms with Gasteiger partial charge in [-0.2, -0.15) is 0 Å². The summed E-state index contributed by atoms with van der Waals surface area (Å²) < 4.78 is 0.845. The molecule has 3 nitrogen and oxygen atoms in total. The second kappa shape index (κ2) is 6.84. The Hall–Kier alpha value is -1.42. The van der Waals surface area contributed by atoms with E-state index in [4.69, 9.17) is 0 Å². The standard InChI is InChI=1S/C16H20BrN3/c1-4-20(11-13-8-6-5-7-9-13)15-10-14(17)18-16(19-15)12(2)3/h5-10,12H,4,11H2,1-3H3. The Morgan fingerprint density at radius 3 is 2.45 bits per heavy atom. The van der Waals surface area contributed by atoms with Gasteiger partial charge in [0.2, 0.25) is 0 Å². The molecule has 2 aromatic rings. The fourth-order valence-electron chi connectivity index (χ4n) is 2.00. The van der Waals surface area contributed by atoms with E-state index in [0.717, 1.165) is 29.3 Å². The number of anilines is 1. The molecule has 0 spiro atoms. The molecule has 0 unspecified atom stereocenters. The predicted octanol–water partition coefficient (Wildman–Crippen LogP) is 4.39. The van der Waals surface area contributed by atoms with Crippen molar-refractivity contribution in [3.8, 4) is 0 Å². The van der Waals surface area contributed by atoms with Crippen LogP contribution in [-0.4, -0.2) is 16.5 Å². The molecule has 106 valence electrons. The summed E-state index contributed by atoms with van der Waals surface area (Å²) in [5.41, 5.74) is 1.29. The van der Waals surface area contributed by atoms with Crippen molar-refractivity contribution in [2.24, 2.45) is 0 Å². The van der Waals surface area contributed by atoms with Gasteiger partial charge in [-0.3, -0.25) is 0 Å². The highest BCUT2D eigenvalue weighted by molar-refractivity contribution is 9.10. The summed E-state index contributed by atoms with van der Waals surface area (Å²) in [5, 5.41) is 0. The van der Waals surface area contributed by atoms with Crippen LogP contribution < -0.4 is 4.90 Å².